The van der Waals surface area contributed by atoms with E-state index in [9.17, 15) is 23.5 Å². The van der Waals surface area contributed by atoms with Gasteiger partial charge in [-0.25, -0.2) is 4.79 Å². The highest BCUT2D eigenvalue weighted by Crippen LogP contribution is 2.43. The van der Waals surface area contributed by atoms with E-state index in [2.05, 4.69) is 4.74 Å². The molecule has 1 amide bonds. The van der Waals surface area contributed by atoms with E-state index in [4.69, 9.17) is 11.6 Å². The van der Waals surface area contributed by atoms with Gasteiger partial charge >= 0.3 is 11.4 Å². The lowest BCUT2D eigenvalue weighted by Crippen LogP contribution is -2.60. The van der Waals surface area contributed by atoms with E-state index in [1.54, 1.807) is 0 Å². The molecule has 0 saturated carbocycles. The van der Waals surface area contributed by atoms with Crippen LogP contribution in [0.15, 0.2) is 30.3 Å². The number of hydrogen-bond acceptors (Lipinski definition) is 4. The third kappa shape index (κ3) is 2.88. The highest BCUT2D eigenvalue weighted by molar-refractivity contribution is 6.22. The summed E-state index contributed by atoms with van der Waals surface area (Å²) in [5.41, 5.74) is -3.51. The number of carbonyl (C=O) groups excluding carboxylic acids is 2. The Morgan fingerprint density at radius 1 is 1.45 bits per heavy atom. The van der Waals surface area contributed by atoms with Crippen molar-refractivity contribution < 1.29 is 28.2 Å². The summed E-state index contributed by atoms with van der Waals surface area (Å²) in [5.74, 6) is -1.26. The van der Waals surface area contributed by atoms with E-state index in [0.29, 0.717) is 0 Å². The van der Waals surface area contributed by atoms with Crippen LogP contribution < -0.4 is 5.32 Å². The molecule has 0 bridgehead atoms. The first-order chi connectivity index (χ1) is 9.29. The van der Waals surface area contributed by atoms with E-state index in [1.807, 2.05) is 5.32 Å². The number of benzene rings is 1. The SMILES string of the molecule is COC(=O)[C@H](NC=O)[C@](O)(c1ccccc1)C(F)(F)Cl. The Morgan fingerprint density at radius 2 is 2.00 bits per heavy atom. The molecule has 5 nitrogen and oxygen atoms in total. The molecule has 2 N–H and O–H groups in total. The molecule has 0 heterocycles. The number of amides is 1. The second kappa shape index (κ2) is 6.15. The maximum atomic E-state index is 13.7. The summed E-state index contributed by atoms with van der Waals surface area (Å²) < 4.78 is 31.7. The van der Waals surface area contributed by atoms with Gasteiger partial charge in [0, 0.05) is 0 Å². The normalized spacial score (nSPS) is 15.8. The van der Waals surface area contributed by atoms with Crippen LogP contribution >= 0.6 is 11.6 Å². The van der Waals surface area contributed by atoms with Crippen LogP contribution in [0.5, 0.6) is 0 Å². The number of methoxy groups -OCH3 is 1. The van der Waals surface area contributed by atoms with Crippen molar-refractivity contribution in [2.24, 2.45) is 0 Å². The summed E-state index contributed by atoms with van der Waals surface area (Å²) in [6.07, 6.45) is -0.00186. The van der Waals surface area contributed by atoms with Crippen LogP contribution in [0.3, 0.4) is 0 Å². The summed E-state index contributed by atoms with van der Waals surface area (Å²) in [6, 6.07) is 4.50. The third-order valence-corrected chi connectivity index (χ3v) is 3.02. The number of hydrogen-bond donors (Lipinski definition) is 2. The molecule has 20 heavy (non-hydrogen) atoms. The van der Waals surface area contributed by atoms with Crippen LogP contribution in [0.4, 0.5) is 8.78 Å². The number of halogens is 3. The minimum absolute atomic E-state index is 0.00186. The number of nitrogens with one attached hydrogen (secondary N) is 1. The van der Waals surface area contributed by atoms with Gasteiger partial charge in [-0.15, -0.1) is 0 Å². The lowest BCUT2D eigenvalue weighted by atomic mass is 9.86. The van der Waals surface area contributed by atoms with Crippen molar-refractivity contribution in [2.75, 3.05) is 7.11 Å². The molecule has 8 heteroatoms. The average Bonchev–Trinajstić information content (AvgIpc) is 2.43. The van der Waals surface area contributed by atoms with Gasteiger partial charge in [-0.3, -0.25) is 4.79 Å². The fourth-order valence-corrected chi connectivity index (χ4v) is 1.95. The quantitative estimate of drug-likeness (QED) is 0.467. The summed E-state index contributed by atoms with van der Waals surface area (Å²) in [6.45, 7) is 0. The van der Waals surface area contributed by atoms with Crippen molar-refractivity contribution in [3.8, 4) is 0 Å². The fourth-order valence-electron chi connectivity index (χ4n) is 1.73. The zero-order chi connectivity index (χ0) is 15.4. The zero-order valence-electron chi connectivity index (χ0n) is 10.3. The van der Waals surface area contributed by atoms with E-state index >= 15 is 0 Å². The zero-order valence-corrected chi connectivity index (χ0v) is 11.1. The minimum Gasteiger partial charge on any atom is -0.467 e. The first-order valence-electron chi connectivity index (χ1n) is 5.41. The Labute approximate surface area is 118 Å². The van der Waals surface area contributed by atoms with Gasteiger partial charge in [0.1, 0.15) is 0 Å². The molecular formula is C12H12ClF2NO4. The highest BCUT2D eigenvalue weighted by Gasteiger charge is 2.60. The van der Waals surface area contributed by atoms with Crippen LogP contribution in [0.2, 0.25) is 0 Å². The second-order valence-corrected chi connectivity index (χ2v) is 4.35. The molecule has 0 aliphatic heterocycles. The molecule has 0 unspecified atom stereocenters. The largest absolute Gasteiger partial charge is 0.467 e. The first kappa shape index (κ1) is 16.3. The topological polar surface area (TPSA) is 75.6 Å². The number of esters is 1. The van der Waals surface area contributed by atoms with E-state index < -0.39 is 23.0 Å². The predicted molar refractivity (Wildman–Crippen MR) is 66.1 cm³/mol. The van der Waals surface area contributed by atoms with Crippen molar-refractivity contribution in [1.82, 2.24) is 5.32 Å². The number of alkyl halides is 3. The summed E-state index contributed by atoms with van der Waals surface area (Å²) in [4.78, 5) is 22.1. The van der Waals surface area contributed by atoms with Gasteiger partial charge < -0.3 is 15.2 Å². The summed E-state index contributed by atoms with van der Waals surface area (Å²) in [7, 11) is 0.930. The first-order valence-corrected chi connectivity index (χ1v) is 5.79. The molecule has 0 saturated heterocycles. The third-order valence-electron chi connectivity index (χ3n) is 2.74. The molecule has 0 aliphatic carbocycles. The van der Waals surface area contributed by atoms with Crippen molar-refractivity contribution in [1.29, 1.82) is 0 Å². The van der Waals surface area contributed by atoms with E-state index in [1.165, 1.54) is 18.2 Å². The van der Waals surface area contributed by atoms with Gasteiger partial charge in [-0.05, 0) is 17.2 Å². The van der Waals surface area contributed by atoms with Gasteiger partial charge in [-0.2, -0.15) is 8.78 Å². The number of carbonyl (C=O) groups is 2. The number of ether oxygens (including phenoxy) is 1. The van der Waals surface area contributed by atoms with Gasteiger partial charge in [0.15, 0.2) is 11.6 Å². The lowest BCUT2D eigenvalue weighted by molar-refractivity contribution is -0.179. The number of aliphatic hydroxyl groups is 1. The fraction of sp³-hybridized carbons (Fsp3) is 0.333. The monoisotopic (exact) mass is 307 g/mol. The molecule has 0 radical (unpaired) electrons. The van der Waals surface area contributed by atoms with Crippen LogP contribution in [0.25, 0.3) is 0 Å². The molecule has 1 rings (SSSR count). The number of rotatable bonds is 6. The summed E-state index contributed by atoms with van der Waals surface area (Å²) in [5, 5.41) is 7.88. The Kier molecular flexibility index (Phi) is 5.02. The molecule has 0 aliphatic rings. The Morgan fingerprint density at radius 3 is 2.40 bits per heavy atom. The maximum Gasteiger partial charge on any atom is 0.356 e. The molecule has 1 aromatic carbocycles. The molecule has 0 aromatic heterocycles. The molecular weight excluding hydrogens is 296 g/mol. The van der Waals surface area contributed by atoms with Crippen molar-refractivity contribution >= 4 is 24.0 Å². The standard InChI is InChI=1S/C12H12ClF2NO4/c1-20-10(18)9(16-7-17)11(19,12(13,14)15)8-5-3-2-4-6-8/h2-7,9,19H,1H3,(H,16,17)/t9-,11+/m0/s1. The van der Waals surface area contributed by atoms with Crippen LogP contribution in [-0.2, 0) is 19.9 Å². The highest BCUT2D eigenvalue weighted by atomic mass is 35.5. The van der Waals surface area contributed by atoms with Crippen molar-refractivity contribution in [2.45, 2.75) is 17.0 Å². The molecule has 1 aromatic rings. The van der Waals surface area contributed by atoms with Crippen LogP contribution in [0, 0.1) is 0 Å². The predicted octanol–water partition coefficient (Wildman–Crippen LogP) is 0.993. The van der Waals surface area contributed by atoms with Crippen molar-refractivity contribution in [3.05, 3.63) is 35.9 Å². The molecule has 0 fully saturated rings. The lowest BCUT2D eigenvalue weighted by Gasteiger charge is -2.37. The maximum absolute atomic E-state index is 13.7. The van der Waals surface area contributed by atoms with E-state index in [-0.39, 0.29) is 12.0 Å². The Hall–Kier alpha value is -1.73. The van der Waals surface area contributed by atoms with Crippen LogP contribution in [-0.4, -0.2) is 36.0 Å². The molecule has 2 atom stereocenters. The van der Waals surface area contributed by atoms with Crippen LogP contribution in [0.1, 0.15) is 5.56 Å². The van der Waals surface area contributed by atoms with E-state index in [0.717, 1.165) is 19.2 Å². The van der Waals surface area contributed by atoms with Crippen molar-refractivity contribution in [3.63, 3.8) is 0 Å². The van der Waals surface area contributed by atoms with Gasteiger partial charge in [0.25, 0.3) is 0 Å². The minimum atomic E-state index is -4.23. The second-order valence-electron chi connectivity index (χ2n) is 3.87. The van der Waals surface area contributed by atoms with Gasteiger partial charge in [0.05, 0.1) is 7.11 Å². The summed E-state index contributed by atoms with van der Waals surface area (Å²) >= 11 is 4.96. The Balaban J connectivity index is 3.44. The average molecular weight is 308 g/mol. The Bertz CT molecular complexity index is 480. The molecule has 110 valence electrons. The van der Waals surface area contributed by atoms with Gasteiger partial charge in [-0.1, -0.05) is 30.3 Å². The molecule has 0 spiro atoms. The van der Waals surface area contributed by atoms with Gasteiger partial charge in [0.2, 0.25) is 6.41 Å². The smallest absolute Gasteiger partial charge is 0.356 e.